The summed E-state index contributed by atoms with van der Waals surface area (Å²) in [6.45, 7) is 5.56. The summed E-state index contributed by atoms with van der Waals surface area (Å²) in [5.74, 6) is 0.948. The van der Waals surface area contributed by atoms with Crippen molar-refractivity contribution in [2.45, 2.75) is 69.8 Å². The predicted molar refractivity (Wildman–Crippen MR) is 87.6 cm³/mol. The number of hydrogen-bond donors (Lipinski definition) is 1. The van der Waals surface area contributed by atoms with E-state index in [1.54, 1.807) is 0 Å². The van der Waals surface area contributed by atoms with E-state index in [-0.39, 0.29) is 5.91 Å². The van der Waals surface area contributed by atoms with E-state index < -0.39 is 5.60 Å². The molecule has 0 bridgehead atoms. The maximum Gasteiger partial charge on any atom is 0.225 e. The summed E-state index contributed by atoms with van der Waals surface area (Å²) in [4.78, 5) is 17.1. The molecule has 4 nitrogen and oxygen atoms in total. The van der Waals surface area contributed by atoms with Crippen LogP contribution < -0.4 is 0 Å². The third-order valence-electron chi connectivity index (χ3n) is 5.95. The highest BCUT2D eigenvalue weighted by Gasteiger charge is 2.34. The maximum atomic E-state index is 12.5. The molecule has 2 heterocycles. The van der Waals surface area contributed by atoms with Gasteiger partial charge in [-0.15, -0.1) is 0 Å². The molecule has 0 atom stereocenters. The SMILES string of the molecule is O=C(CC1(O)CCCCC1)N1CCC(CN2CCCC2)CC1. The third-order valence-corrected chi connectivity index (χ3v) is 5.95. The molecule has 1 aliphatic carbocycles. The van der Waals surface area contributed by atoms with E-state index in [1.807, 2.05) is 4.90 Å². The molecule has 0 unspecified atom stereocenters. The van der Waals surface area contributed by atoms with Crippen LogP contribution in [-0.4, -0.2) is 59.1 Å². The largest absolute Gasteiger partial charge is 0.389 e. The molecule has 1 saturated carbocycles. The molecule has 1 amide bonds. The lowest BCUT2D eigenvalue weighted by atomic mass is 9.82. The molecule has 0 radical (unpaired) electrons. The molecule has 2 saturated heterocycles. The molecular weight excluding hydrogens is 276 g/mol. The summed E-state index contributed by atoms with van der Waals surface area (Å²) in [6.07, 6.45) is 10.3. The predicted octanol–water partition coefficient (Wildman–Crippen LogP) is 2.41. The number of rotatable bonds is 4. The molecule has 3 rings (SSSR count). The zero-order valence-corrected chi connectivity index (χ0v) is 13.9. The van der Waals surface area contributed by atoms with Crippen molar-refractivity contribution in [1.82, 2.24) is 9.80 Å². The summed E-state index contributed by atoms with van der Waals surface area (Å²) in [6, 6.07) is 0. The highest BCUT2D eigenvalue weighted by atomic mass is 16.3. The Bertz CT molecular complexity index is 365. The van der Waals surface area contributed by atoms with Gasteiger partial charge in [0.2, 0.25) is 5.91 Å². The number of hydrogen-bond acceptors (Lipinski definition) is 3. The zero-order valence-electron chi connectivity index (χ0n) is 13.9. The van der Waals surface area contributed by atoms with E-state index >= 15 is 0 Å². The van der Waals surface area contributed by atoms with Crippen LogP contribution in [0.4, 0.5) is 0 Å². The summed E-state index contributed by atoms with van der Waals surface area (Å²) in [7, 11) is 0. The highest BCUT2D eigenvalue weighted by Crippen LogP contribution is 2.32. The van der Waals surface area contributed by atoms with Crippen LogP contribution in [0.15, 0.2) is 0 Å². The minimum atomic E-state index is -0.707. The molecule has 0 spiro atoms. The van der Waals surface area contributed by atoms with Crippen LogP contribution in [0.2, 0.25) is 0 Å². The zero-order chi connectivity index (χ0) is 15.4. The van der Waals surface area contributed by atoms with E-state index in [1.165, 1.54) is 38.9 Å². The van der Waals surface area contributed by atoms with Crippen molar-refractivity contribution in [2.24, 2.45) is 5.92 Å². The number of likely N-dealkylation sites (tertiary alicyclic amines) is 2. The Hall–Kier alpha value is -0.610. The van der Waals surface area contributed by atoms with Gasteiger partial charge in [-0.3, -0.25) is 4.79 Å². The van der Waals surface area contributed by atoms with E-state index in [0.717, 1.165) is 57.5 Å². The number of carbonyl (C=O) groups excluding carboxylic acids is 1. The van der Waals surface area contributed by atoms with Crippen molar-refractivity contribution < 1.29 is 9.90 Å². The Morgan fingerprint density at radius 2 is 1.59 bits per heavy atom. The lowest BCUT2D eigenvalue weighted by Crippen LogP contribution is -2.45. The molecule has 0 aromatic heterocycles. The van der Waals surface area contributed by atoms with Crippen molar-refractivity contribution in [3.8, 4) is 0 Å². The summed E-state index contributed by atoms with van der Waals surface area (Å²) in [5, 5.41) is 10.6. The minimum Gasteiger partial charge on any atom is -0.389 e. The molecule has 126 valence electrons. The highest BCUT2D eigenvalue weighted by molar-refractivity contribution is 5.77. The number of carbonyl (C=O) groups is 1. The second kappa shape index (κ2) is 7.31. The topological polar surface area (TPSA) is 43.8 Å². The van der Waals surface area contributed by atoms with Gasteiger partial charge in [0.15, 0.2) is 0 Å². The lowest BCUT2D eigenvalue weighted by molar-refractivity contribution is -0.139. The molecule has 1 N–H and O–H groups in total. The van der Waals surface area contributed by atoms with Crippen molar-refractivity contribution in [1.29, 1.82) is 0 Å². The summed E-state index contributed by atoms with van der Waals surface area (Å²) >= 11 is 0. The molecule has 4 heteroatoms. The molecule has 2 aliphatic heterocycles. The molecular formula is C18H32N2O2. The van der Waals surface area contributed by atoms with E-state index in [2.05, 4.69) is 4.90 Å². The Kier molecular flexibility index (Phi) is 5.40. The molecule has 0 aromatic carbocycles. The minimum absolute atomic E-state index is 0.184. The smallest absolute Gasteiger partial charge is 0.225 e. The van der Waals surface area contributed by atoms with E-state index in [9.17, 15) is 9.90 Å². The van der Waals surface area contributed by atoms with Gasteiger partial charge in [0, 0.05) is 19.6 Å². The normalized spacial score (nSPS) is 27.2. The van der Waals surface area contributed by atoms with Gasteiger partial charge in [-0.1, -0.05) is 19.3 Å². The first kappa shape index (κ1) is 16.3. The standard InChI is InChI=1S/C18H32N2O2/c21-17(14-18(22)8-2-1-3-9-18)20-12-6-16(7-13-20)15-19-10-4-5-11-19/h16,22H,1-15H2. The Morgan fingerprint density at radius 3 is 2.23 bits per heavy atom. The van der Waals surface area contributed by atoms with Crippen molar-refractivity contribution >= 4 is 5.91 Å². The van der Waals surface area contributed by atoms with Gasteiger partial charge in [0.25, 0.3) is 0 Å². The quantitative estimate of drug-likeness (QED) is 0.867. The third kappa shape index (κ3) is 4.23. The monoisotopic (exact) mass is 308 g/mol. The summed E-state index contributed by atoms with van der Waals surface area (Å²) < 4.78 is 0. The second-order valence-corrected chi connectivity index (χ2v) is 7.79. The van der Waals surface area contributed by atoms with Gasteiger partial charge in [0.05, 0.1) is 12.0 Å². The molecule has 3 aliphatic rings. The number of aliphatic hydroxyl groups is 1. The van der Waals surface area contributed by atoms with Crippen LogP contribution in [0.25, 0.3) is 0 Å². The molecule has 3 fully saturated rings. The summed E-state index contributed by atoms with van der Waals surface area (Å²) in [5.41, 5.74) is -0.707. The average molecular weight is 308 g/mol. The van der Waals surface area contributed by atoms with Gasteiger partial charge >= 0.3 is 0 Å². The van der Waals surface area contributed by atoms with Crippen LogP contribution in [-0.2, 0) is 4.79 Å². The van der Waals surface area contributed by atoms with Crippen LogP contribution in [0.3, 0.4) is 0 Å². The van der Waals surface area contributed by atoms with Crippen molar-refractivity contribution in [3.63, 3.8) is 0 Å². The van der Waals surface area contributed by atoms with Crippen LogP contribution in [0, 0.1) is 5.92 Å². The average Bonchev–Trinajstić information content (AvgIpc) is 3.01. The number of piperidine rings is 1. The van der Waals surface area contributed by atoms with Crippen LogP contribution >= 0.6 is 0 Å². The van der Waals surface area contributed by atoms with Gasteiger partial charge in [-0.05, 0) is 57.5 Å². The van der Waals surface area contributed by atoms with Crippen molar-refractivity contribution in [3.05, 3.63) is 0 Å². The first-order chi connectivity index (χ1) is 10.6. The van der Waals surface area contributed by atoms with Gasteiger partial charge in [-0.2, -0.15) is 0 Å². The van der Waals surface area contributed by atoms with Gasteiger partial charge in [0.1, 0.15) is 0 Å². The number of nitrogens with zero attached hydrogens (tertiary/aromatic N) is 2. The fourth-order valence-electron chi connectivity index (χ4n) is 4.48. The Morgan fingerprint density at radius 1 is 0.955 bits per heavy atom. The number of amides is 1. The second-order valence-electron chi connectivity index (χ2n) is 7.79. The van der Waals surface area contributed by atoms with E-state index in [0.29, 0.717) is 6.42 Å². The lowest BCUT2D eigenvalue weighted by Gasteiger charge is -2.37. The van der Waals surface area contributed by atoms with Gasteiger partial charge < -0.3 is 14.9 Å². The van der Waals surface area contributed by atoms with Crippen LogP contribution in [0.1, 0.15) is 64.2 Å². The molecule has 22 heavy (non-hydrogen) atoms. The van der Waals surface area contributed by atoms with Crippen LogP contribution in [0.5, 0.6) is 0 Å². The maximum absolute atomic E-state index is 12.5. The fraction of sp³-hybridized carbons (Fsp3) is 0.944. The Labute approximate surface area is 134 Å². The fourth-order valence-corrected chi connectivity index (χ4v) is 4.48. The molecule has 0 aromatic rings. The first-order valence-corrected chi connectivity index (χ1v) is 9.37. The van der Waals surface area contributed by atoms with Crippen molar-refractivity contribution in [2.75, 3.05) is 32.7 Å². The first-order valence-electron chi connectivity index (χ1n) is 9.37. The van der Waals surface area contributed by atoms with Gasteiger partial charge in [-0.25, -0.2) is 0 Å². The van der Waals surface area contributed by atoms with E-state index in [4.69, 9.17) is 0 Å². The Balaban J connectivity index is 1.41.